The summed E-state index contributed by atoms with van der Waals surface area (Å²) in [4.78, 5) is 13.8. The van der Waals surface area contributed by atoms with Gasteiger partial charge in [-0.3, -0.25) is 4.79 Å². The average Bonchev–Trinajstić information content (AvgIpc) is 2.76. The molecule has 7 heteroatoms. The second-order valence-corrected chi connectivity index (χ2v) is 6.73. The van der Waals surface area contributed by atoms with Crippen LogP contribution in [-0.4, -0.2) is 43.7 Å². The summed E-state index contributed by atoms with van der Waals surface area (Å²) in [5.74, 6) is 0.153. The van der Waals surface area contributed by atoms with Crippen LogP contribution in [0.25, 0.3) is 0 Å². The Bertz CT molecular complexity index is 410. The third kappa shape index (κ3) is 5.39. The molecule has 1 aliphatic rings. The molecule has 1 aromatic rings. The molecule has 19 heavy (non-hydrogen) atoms. The summed E-state index contributed by atoms with van der Waals surface area (Å²) in [6, 6.07) is 2.21. The van der Waals surface area contributed by atoms with E-state index < -0.39 is 0 Å². The normalized spacial score (nSPS) is 18.7. The van der Waals surface area contributed by atoms with E-state index in [1.54, 1.807) is 16.2 Å². The van der Waals surface area contributed by atoms with Gasteiger partial charge in [-0.15, -0.1) is 23.7 Å². The Labute approximate surface area is 132 Å². The fourth-order valence-electron chi connectivity index (χ4n) is 1.91. The monoisotopic (exact) mass is 368 g/mol. The zero-order valence-corrected chi connectivity index (χ0v) is 13.9. The fraction of sp³-hybridized carbons (Fsp3) is 0.583. The molecule has 2 rings (SSSR count). The third-order valence-electron chi connectivity index (χ3n) is 2.89. The molecule has 108 valence electrons. The van der Waals surface area contributed by atoms with Gasteiger partial charge in [-0.1, -0.05) is 0 Å². The van der Waals surface area contributed by atoms with E-state index in [9.17, 15) is 4.79 Å². The van der Waals surface area contributed by atoms with E-state index in [-0.39, 0.29) is 24.4 Å². The molecule has 1 amide bonds. The van der Waals surface area contributed by atoms with Gasteiger partial charge < -0.3 is 15.0 Å². The van der Waals surface area contributed by atoms with Crippen LogP contribution in [0.2, 0.25) is 0 Å². The van der Waals surface area contributed by atoms with Gasteiger partial charge in [-0.2, -0.15) is 0 Å². The summed E-state index contributed by atoms with van der Waals surface area (Å²) in [7, 11) is 1.84. The molecule has 1 fully saturated rings. The van der Waals surface area contributed by atoms with Crippen LogP contribution in [0.5, 0.6) is 0 Å². The average molecular weight is 370 g/mol. The van der Waals surface area contributed by atoms with E-state index >= 15 is 0 Å². The molecule has 4 nitrogen and oxygen atoms in total. The van der Waals surface area contributed by atoms with Gasteiger partial charge in [0.15, 0.2) is 0 Å². The van der Waals surface area contributed by atoms with Gasteiger partial charge in [0.25, 0.3) is 0 Å². The number of nitrogens with one attached hydrogen (secondary N) is 1. The van der Waals surface area contributed by atoms with Gasteiger partial charge in [0.2, 0.25) is 5.91 Å². The number of amides is 1. The third-order valence-corrected chi connectivity index (χ3v) is 4.44. The molecule has 1 aliphatic heterocycles. The Morgan fingerprint density at radius 1 is 1.68 bits per heavy atom. The molecule has 2 heterocycles. The van der Waals surface area contributed by atoms with Crippen molar-refractivity contribution in [1.29, 1.82) is 0 Å². The van der Waals surface area contributed by atoms with Gasteiger partial charge >= 0.3 is 0 Å². The van der Waals surface area contributed by atoms with Crippen molar-refractivity contribution in [3.63, 3.8) is 0 Å². The van der Waals surface area contributed by atoms with Crippen molar-refractivity contribution < 1.29 is 9.53 Å². The summed E-state index contributed by atoms with van der Waals surface area (Å²) >= 11 is 5.07. The molecule has 1 saturated heterocycles. The lowest BCUT2D eigenvalue weighted by molar-refractivity contribution is -0.131. The molecule has 0 aliphatic carbocycles. The number of morpholine rings is 1. The van der Waals surface area contributed by atoms with Crippen LogP contribution in [0.15, 0.2) is 15.2 Å². The lowest BCUT2D eigenvalue weighted by Crippen LogP contribution is -2.44. The van der Waals surface area contributed by atoms with E-state index in [2.05, 4.69) is 32.7 Å². The Morgan fingerprint density at radius 3 is 3.05 bits per heavy atom. The van der Waals surface area contributed by atoms with Gasteiger partial charge in [0.1, 0.15) is 0 Å². The molecular weight excluding hydrogens is 352 g/mol. The van der Waals surface area contributed by atoms with Crippen LogP contribution in [0.4, 0.5) is 0 Å². The molecule has 1 aromatic heterocycles. The zero-order chi connectivity index (χ0) is 13.0. The highest BCUT2D eigenvalue weighted by atomic mass is 79.9. The van der Waals surface area contributed by atoms with Gasteiger partial charge in [-0.05, 0) is 32.9 Å². The SMILES string of the molecule is CN(Cc1csc(Br)c1)C(=O)CC1COCCN1.Cl. The number of hydrogen-bond acceptors (Lipinski definition) is 4. The van der Waals surface area contributed by atoms with Crippen LogP contribution in [0.3, 0.4) is 0 Å². The smallest absolute Gasteiger partial charge is 0.224 e. The summed E-state index contributed by atoms with van der Waals surface area (Å²) in [6.45, 7) is 2.86. The van der Waals surface area contributed by atoms with Crippen molar-refractivity contribution in [2.24, 2.45) is 0 Å². The minimum atomic E-state index is 0. The fourth-order valence-corrected chi connectivity index (χ4v) is 3.11. The largest absolute Gasteiger partial charge is 0.378 e. The summed E-state index contributed by atoms with van der Waals surface area (Å²) in [6.07, 6.45) is 0.502. The first-order valence-electron chi connectivity index (χ1n) is 5.93. The lowest BCUT2D eigenvalue weighted by Gasteiger charge is -2.25. The Hall–Kier alpha value is -0.140. The highest BCUT2D eigenvalue weighted by molar-refractivity contribution is 9.11. The van der Waals surface area contributed by atoms with E-state index in [1.807, 2.05) is 7.05 Å². The predicted octanol–water partition coefficient (Wildman–Crippen LogP) is 2.27. The lowest BCUT2D eigenvalue weighted by atomic mass is 10.2. The second kappa shape index (κ2) is 8.21. The van der Waals surface area contributed by atoms with Gasteiger partial charge in [0.05, 0.1) is 17.0 Å². The molecule has 1 N–H and O–H groups in total. The quantitative estimate of drug-likeness (QED) is 0.885. The number of carbonyl (C=O) groups excluding carboxylic acids is 1. The van der Waals surface area contributed by atoms with Crippen molar-refractivity contribution in [3.8, 4) is 0 Å². The van der Waals surface area contributed by atoms with Crippen molar-refractivity contribution in [2.45, 2.75) is 19.0 Å². The van der Waals surface area contributed by atoms with Gasteiger partial charge in [0, 0.05) is 32.6 Å². The van der Waals surface area contributed by atoms with Crippen LogP contribution in [0, 0.1) is 0 Å². The highest BCUT2D eigenvalue weighted by Crippen LogP contribution is 2.21. The number of carbonyl (C=O) groups is 1. The summed E-state index contributed by atoms with van der Waals surface area (Å²) in [5, 5.41) is 5.36. The van der Waals surface area contributed by atoms with Crippen LogP contribution in [-0.2, 0) is 16.1 Å². The van der Waals surface area contributed by atoms with E-state index in [4.69, 9.17) is 4.74 Å². The van der Waals surface area contributed by atoms with Crippen molar-refractivity contribution in [1.82, 2.24) is 10.2 Å². The second-order valence-electron chi connectivity index (χ2n) is 4.44. The zero-order valence-electron chi connectivity index (χ0n) is 10.7. The van der Waals surface area contributed by atoms with Crippen LogP contribution >= 0.6 is 39.7 Å². The molecule has 1 atom stereocenters. The number of thiophene rings is 1. The molecule has 0 aromatic carbocycles. The number of ether oxygens (including phenoxy) is 1. The first-order chi connectivity index (χ1) is 8.65. The highest BCUT2D eigenvalue weighted by Gasteiger charge is 2.19. The molecule has 0 radical (unpaired) electrons. The topological polar surface area (TPSA) is 41.6 Å². The first kappa shape index (κ1) is 16.9. The molecule has 0 bridgehead atoms. The summed E-state index contributed by atoms with van der Waals surface area (Å²) < 4.78 is 6.44. The van der Waals surface area contributed by atoms with Crippen molar-refractivity contribution >= 4 is 45.6 Å². The molecule has 1 unspecified atom stereocenters. The maximum Gasteiger partial charge on any atom is 0.224 e. The Kier molecular flexibility index (Phi) is 7.31. The van der Waals surface area contributed by atoms with Crippen LogP contribution in [0.1, 0.15) is 12.0 Å². The van der Waals surface area contributed by atoms with Crippen LogP contribution < -0.4 is 5.32 Å². The number of nitrogens with zero attached hydrogens (tertiary/aromatic N) is 1. The maximum absolute atomic E-state index is 12.0. The predicted molar refractivity (Wildman–Crippen MR) is 83.0 cm³/mol. The molecule has 0 spiro atoms. The maximum atomic E-state index is 12.0. The number of hydrogen-bond donors (Lipinski definition) is 1. The molecule has 0 saturated carbocycles. The van der Waals surface area contributed by atoms with Gasteiger partial charge in [-0.25, -0.2) is 0 Å². The minimum Gasteiger partial charge on any atom is -0.378 e. The minimum absolute atomic E-state index is 0. The number of halogens is 2. The Balaban J connectivity index is 0.00000180. The van der Waals surface area contributed by atoms with Crippen molar-refractivity contribution in [2.75, 3.05) is 26.8 Å². The standard InChI is InChI=1S/C12H17BrN2O2S.ClH/c1-15(6-9-4-11(13)18-8-9)12(16)5-10-7-17-3-2-14-10;/h4,8,10,14H,2-3,5-7H2,1H3;1H. The van der Waals surface area contributed by atoms with E-state index in [0.717, 1.165) is 22.5 Å². The summed E-state index contributed by atoms with van der Waals surface area (Å²) in [5.41, 5.74) is 1.16. The van der Waals surface area contributed by atoms with Crippen molar-refractivity contribution in [3.05, 3.63) is 20.8 Å². The first-order valence-corrected chi connectivity index (χ1v) is 7.60. The number of rotatable bonds is 4. The molecular formula is C12H18BrClN2O2S. The Morgan fingerprint density at radius 2 is 2.47 bits per heavy atom. The van der Waals surface area contributed by atoms with E-state index in [0.29, 0.717) is 19.6 Å². The van der Waals surface area contributed by atoms with E-state index in [1.165, 1.54) is 0 Å².